The van der Waals surface area contributed by atoms with Crippen molar-refractivity contribution in [1.82, 2.24) is 4.90 Å². The van der Waals surface area contributed by atoms with Gasteiger partial charge in [0.1, 0.15) is 11.3 Å². The average molecular weight is 460 g/mol. The van der Waals surface area contributed by atoms with Crippen molar-refractivity contribution in [2.45, 2.75) is 51.4 Å². The molecule has 1 aromatic heterocycles. The Morgan fingerprint density at radius 2 is 1.88 bits per heavy atom. The molecule has 1 fully saturated rings. The molecular formula is C28H33N3O3. The van der Waals surface area contributed by atoms with E-state index in [0.29, 0.717) is 23.9 Å². The first-order valence-corrected chi connectivity index (χ1v) is 12.4. The summed E-state index contributed by atoms with van der Waals surface area (Å²) >= 11 is 0. The molecule has 0 atom stereocenters. The van der Waals surface area contributed by atoms with E-state index in [4.69, 9.17) is 24.7 Å². The van der Waals surface area contributed by atoms with Crippen LogP contribution in [0.15, 0.2) is 46.9 Å². The number of piperidine rings is 1. The molecule has 0 radical (unpaired) electrons. The second kappa shape index (κ2) is 10.0. The topological polar surface area (TPSA) is 82.5 Å². The minimum atomic E-state index is -0.169. The van der Waals surface area contributed by atoms with E-state index in [1.165, 1.54) is 39.0 Å². The van der Waals surface area contributed by atoms with Gasteiger partial charge in [-0.25, -0.2) is 0 Å². The van der Waals surface area contributed by atoms with Crippen molar-refractivity contribution in [2.75, 3.05) is 26.2 Å². The first-order valence-electron chi connectivity index (χ1n) is 12.4. The molecule has 2 heterocycles. The molecule has 5 rings (SSSR count). The number of nitrogens with zero attached hydrogens (tertiary/aromatic N) is 1. The first-order chi connectivity index (χ1) is 16.6. The number of nitrogens with one attached hydrogen (secondary N) is 2. The number of benzene rings is 2. The number of ether oxygens (including phenoxy) is 2. The Bertz CT molecular complexity index is 1190. The maximum atomic E-state index is 7.94. The van der Waals surface area contributed by atoms with Gasteiger partial charge in [0, 0.05) is 19.5 Å². The number of rotatable bonds is 7. The Balaban J connectivity index is 1.09. The quantitative estimate of drug-likeness (QED) is 0.261. The third kappa shape index (κ3) is 5.02. The smallest absolute Gasteiger partial charge is 0.256 e. The Morgan fingerprint density at radius 1 is 1.06 bits per heavy atom. The van der Waals surface area contributed by atoms with Crippen molar-refractivity contribution >= 4 is 22.8 Å². The van der Waals surface area contributed by atoms with Gasteiger partial charge in [-0.3, -0.25) is 10.8 Å². The lowest BCUT2D eigenvalue weighted by Gasteiger charge is -2.32. The average Bonchev–Trinajstić information content (AvgIpc) is 3.49. The summed E-state index contributed by atoms with van der Waals surface area (Å²) < 4.78 is 16.8. The van der Waals surface area contributed by atoms with E-state index in [-0.39, 0.29) is 11.8 Å². The van der Waals surface area contributed by atoms with Crippen LogP contribution in [-0.4, -0.2) is 42.9 Å². The molecule has 6 heteroatoms. The SMILES string of the molecule is CC(=N)OC(=N)c1cc2c(OCCCN3CCC(c4ccc5c(c4)CCC5)CC3)cccc2o1. The summed E-state index contributed by atoms with van der Waals surface area (Å²) in [5.41, 5.74) is 5.35. The maximum absolute atomic E-state index is 7.94. The number of hydrogen-bond acceptors (Lipinski definition) is 6. The second-order valence-corrected chi connectivity index (χ2v) is 9.47. The van der Waals surface area contributed by atoms with Crippen LogP contribution in [0.2, 0.25) is 0 Å². The number of likely N-dealkylation sites (tertiary alicyclic amines) is 1. The van der Waals surface area contributed by atoms with Gasteiger partial charge in [-0.1, -0.05) is 24.3 Å². The third-order valence-electron chi connectivity index (χ3n) is 7.06. The van der Waals surface area contributed by atoms with Gasteiger partial charge in [-0.05, 0) is 86.4 Å². The van der Waals surface area contributed by atoms with Crippen LogP contribution in [0.1, 0.15) is 61.0 Å². The fraction of sp³-hybridized carbons (Fsp3) is 0.429. The molecule has 2 N–H and O–H groups in total. The summed E-state index contributed by atoms with van der Waals surface area (Å²) in [4.78, 5) is 2.56. The number of hydrogen-bond donors (Lipinski definition) is 2. The highest BCUT2D eigenvalue weighted by molar-refractivity contribution is 6.00. The van der Waals surface area contributed by atoms with Gasteiger partial charge >= 0.3 is 0 Å². The van der Waals surface area contributed by atoms with Gasteiger partial charge in [0.05, 0.1) is 12.0 Å². The lowest BCUT2D eigenvalue weighted by Crippen LogP contribution is -2.34. The van der Waals surface area contributed by atoms with E-state index in [1.54, 1.807) is 22.8 Å². The Morgan fingerprint density at radius 3 is 2.71 bits per heavy atom. The van der Waals surface area contributed by atoms with Gasteiger partial charge in [0.25, 0.3) is 5.90 Å². The molecule has 3 aromatic rings. The van der Waals surface area contributed by atoms with Gasteiger partial charge < -0.3 is 18.8 Å². The molecule has 0 unspecified atom stereocenters. The van der Waals surface area contributed by atoms with Crippen molar-refractivity contribution in [3.05, 3.63) is 64.9 Å². The lowest BCUT2D eigenvalue weighted by atomic mass is 9.88. The van der Waals surface area contributed by atoms with Crippen molar-refractivity contribution in [2.24, 2.45) is 0 Å². The van der Waals surface area contributed by atoms with E-state index >= 15 is 0 Å². The van der Waals surface area contributed by atoms with Gasteiger partial charge in [-0.15, -0.1) is 0 Å². The molecule has 178 valence electrons. The molecule has 1 aliphatic carbocycles. The monoisotopic (exact) mass is 459 g/mol. The molecular weight excluding hydrogens is 426 g/mol. The largest absolute Gasteiger partial charge is 0.493 e. The van der Waals surface area contributed by atoms with Crippen LogP contribution in [0.25, 0.3) is 11.0 Å². The lowest BCUT2D eigenvalue weighted by molar-refractivity contribution is 0.193. The molecule has 0 spiro atoms. The van der Waals surface area contributed by atoms with Gasteiger partial charge in [-0.2, -0.15) is 0 Å². The summed E-state index contributed by atoms with van der Waals surface area (Å²) in [6, 6.07) is 14.6. The molecule has 34 heavy (non-hydrogen) atoms. The third-order valence-corrected chi connectivity index (χ3v) is 7.06. The summed E-state index contributed by atoms with van der Waals surface area (Å²) in [6.45, 7) is 5.47. The zero-order valence-corrected chi connectivity index (χ0v) is 19.9. The zero-order chi connectivity index (χ0) is 23.5. The molecule has 1 saturated heterocycles. The molecule has 0 amide bonds. The number of aryl methyl sites for hydroxylation is 2. The van der Waals surface area contributed by atoms with Crippen LogP contribution in [0, 0.1) is 10.8 Å². The van der Waals surface area contributed by atoms with E-state index < -0.39 is 0 Å². The summed E-state index contributed by atoms with van der Waals surface area (Å²) in [5, 5.41) is 16.2. The maximum Gasteiger partial charge on any atom is 0.256 e. The van der Waals surface area contributed by atoms with Crippen molar-refractivity contribution in [3.8, 4) is 5.75 Å². The van der Waals surface area contributed by atoms with Crippen molar-refractivity contribution in [1.29, 1.82) is 10.8 Å². The van der Waals surface area contributed by atoms with E-state index in [0.717, 1.165) is 37.2 Å². The molecule has 0 bridgehead atoms. The van der Waals surface area contributed by atoms with Crippen LogP contribution in [0.3, 0.4) is 0 Å². The second-order valence-electron chi connectivity index (χ2n) is 9.47. The minimum absolute atomic E-state index is 0.0433. The summed E-state index contributed by atoms with van der Waals surface area (Å²) in [5.74, 6) is 1.53. The van der Waals surface area contributed by atoms with E-state index in [1.807, 2.05) is 18.2 Å². The van der Waals surface area contributed by atoms with Gasteiger partial charge in [0.15, 0.2) is 11.7 Å². The Kier molecular flexibility index (Phi) is 6.68. The fourth-order valence-electron chi connectivity index (χ4n) is 5.28. The van der Waals surface area contributed by atoms with Crippen LogP contribution in [0.4, 0.5) is 0 Å². The molecule has 0 saturated carbocycles. The zero-order valence-electron chi connectivity index (χ0n) is 19.9. The molecule has 1 aliphatic heterocycles. The predicted molar refractivity (Wildman–Crippen MR) is 135 cm³/mol. The van der Waals surface area contributed by atoms with Gasteiger partial charge in [0.2, 0.25) is 0 Å². The Labute approximate surface area is 200 Å². The summed E-state index contributed by atoms with van der Waals surface area (Å²) in [6.07, 6.45) is 7.28. The molecule has 2 aliphatic rings. The Hall–Kier alpha value is -3.12. The first kappa shape index (κ1) is 22.7. The van der Waals surface area contributed by atoms with Crippen LogP contribution >= 0.6 is 0 Å². The van der Waals surface area contributed by atoms with Crippen LogP contribution < -0.4 is 4.74 Å². The fourth-order valence-corrected chi connectivity index (χ4v) is 5.28. The highest BCUT2D eigenvalue weighted by Gasteiger charge is 2.22. The van der Waals surface area contributed by atoms with E-state index in [9.17, 15) is 0 Å². The number of furan rings is 1. The predicted octanol–water partition coefficient (Wildman–Crippen LogP) is 5.91. The summed E-state index contributed by atoms with van der Waals surface area (Å²) in [7, 11) is 0. The van der Waals surface area contributed by atoms with Crippen LogP contribution in [0.5, 0.6) is 5.75 Å². The molecule has 2 aromatic carbocycles. The van der Waals surface area contributed by atoms with Crippen molar-refractivity contribution < 1.29 is 13.9 Å². The molecule has 6 nitrogen and oxygen atoms in total. The minimum Gasteiger partial charge on any atom is -0.493 e. The highest BCUT2D eigenvalue weighted by atomic mass is 16.5. The van der Waals surface area contributed by atoms with E-state index in [2.05, 4.69) is 23.1 Å². The van der Waals surface area contributed by atoms with Crippen LogP contribution in [-0.2, 0) is 17.6 Å². The van der Waals surface area contributed by atoms with Crippen molar-refractivity contribution in [3.63, 3.8) is 0 Å². The highest BCUT2D eigenvalue weighted by Crippen LogP contribution is 2.32. The normalized spacial score (nSPS) is 16.5. The number of fused-ring (bicyclic) bond motifs is 2. The standard InChI is InChI=1S/C28H33N3O3/c1-19(29)33-28(30)27-18-24-25(7-3-8-26(24)34-27)32-16-4-13-31-14-11-21(12-15-31)23-10-9-20-5-2-6-22(20)17-23/h3,7-10,17-18,21,29-30H,2,4-6,11-16H2,1H3.